The third kappa shape index (κ3) is 4.59. The molecular formula is C19H21NO4. The summed E-state index contributed by atoms with van der Waals surface area (Å²) in [6.45, 7) is 3.82. The van der Waals surface area contributed by atoms with E-state index in [2.05, 4.69) is 17.0 Å². The summed E-state index contributed by atoms with van der Waals surface area (Å²) in [6, 6.07) is 12.6. The molecule has 0 saturated heterocycles. The molecule has 0 atom stereocenters. The van der Waals surface area contributed by atoms with E-state index in [4.69, 9.17) is 4.74 Å². The van der Waals surface area contributed by atoms with E-state index in [0.717, 1.165) is 12.0 Å². The number of hydrogen-bond donors (Lipinski definition) is 1. The van der Waals surface area contributed by atoms with Crippen LogP contribution in [0.4, 0.5) is 5.69 Å². The zero-order valence-corrected chi connectivity index (χ0v) is 14.1. The van der Waals surface area contributed by atoms with E-state index in [1.807, 2.05) is 31.2 Å². The van der Waals surface area contributed by atoms with Gasteiger partial charge in [0.05, 0.1) is 12.7 Å². The van der Waals surface area contributed by atoms with Crippen LogP contribution in [-0.2, 0) is 16.0 Å². The minimum absolute atomic E-state index is 0.104. The monoisotopic (exact) mass is 327 g/mol. The number of anilines is 1. The fourth-order valence-corrected chi connectivity index (χ4v) is 2.16. The van der Waals surface area contributed by atoms with Gasteiger partial charge in [-0.05, 0) is 48.7 Å². The molecule has 0 fully saturated rings. The number of methoxy groups -OCH3 is 1. The second-order valence-corrected chi connectivity index (χ2v) is 5.36. The molecule has 5 nitrogen and oxygen atoms in total. The van der Waals surface area contributed by atoms with Gasteiger partial charge in [-0.25, -0.2) is 4.79 Å². The molecule has 24 heavy (non-hydrogen) atoms. The number of benzene rings is 2. The van der Waals surface area contributed by atoms with Crippen molar-refractivity contribution in [3.8, 4) is 5.75 Å². The number of carbonyl (C=O) groups is 2. The Kier molecular flexibility index (Phi) is 5.95. The average Bonchev–Trinajstić information content (AvgIpc) is 2.61. The lowest BCUT2D eigenvalue weighted by molar-refractivity contribution is -0.118. The maximum Gasteiger partial charge on any atom is 0.337 e. The molecule has 1 N–H and O–H groups in total. The van der Waals surface area contributed by atoms with E-state index in [0.29, 0.717) is 17.0 Å². The van der Waals surface area contributed by atoms with Crippen LogP contribution in [0.3, 0.4) is 0 Å². The maximum atomic E-state index is 12.1. The number of hydrogen-bond acceptors (Lipinski definition) is 4. The van der Waals surface area contributed by atoms with Gasteiger partial charge in [-0.15, -0.1) is 0 Å². The molecule has 0 spiro atoms. The van der Waals surface area contributed by atoms with E-state index in [9.17, 15) is 9.59 Å². The highest BCUT2D eigenvalue weighted by atomic mass is 16.5. The van der Waals surface area contributed by atoms with Crippen molar-refractivity contribution in [2.75, 3.05) is 19.0 Å². The molecule has 0 unspecified atom stereocenters. The summed E-state index contributed by atoms with van der Waals surface area (Å²) in [6.07, 6.45) is 0.955. The summed E-state index contributed by atoms with van der Waals surface area (Å²) < 4.78 is 10.2. The highest BCUT2D eigenvalue weighted by Gasteiger charge is 2.10. The van der Waals surface area contributed by atoms with Crippen LogP contribution in [0.5, 0.6) is 5.75 Å². The molecule has 0 radical (unpaired) electrons. The van der Waals surface area contributed by atoms with Crippen molar-refractivity contribution in [3.63, 3.8) is 0 Å². The lowest BCUT2D eigenvalue weighted by Crippen LogP contribution is -2.21. The van der Waals surface area contributed by atoms with Crippen molar-refractivity contribution in [1.82, 2.24) is 0 Å². The second-order valence-electron chi connectivity index (χ2n) is 5.36. The lowest BCUT2D eigenvalue weighted by Gasteiger charge is -2.11. The highest BCUT2D eigenvalue weighted by molar-refractivity contribution is 5.95. The summed E-state index contributed by atoms with van der Waals surface area (Å²) in [5.41, 5.74) is 3.01. The second kappa shape index (κ2) is 8.15. The van der Waals surface area contributed by atoms with Crippen LogP contribution in [0.15, 0.2) is 42.5 Å². The first-order chi connectivity index (χ1) is 11.5. The molecule has 2 rings (SSSR count). The Bertz CT molecular complexity index is 723. The molecule has 126 valence electrons. The molecule has 2 aromatic carbocycles. The minimum atomic E-state index is -0.447. The molecule has 0 aromatic heterocycles. The summed E-state index contributed by atoms with van der Waals surface area (Å²) in [5, 5.41) is 2.75. The van der Waals surface area contributed by atoms with Crippen LogP contribution < -0.4 is 10.1 Å². The normalized spacial score (nSPS) is 10.1. The third-order valence-corrected chi connectivity index (χ3v) is 3.63. The molecule has 0 aliphatic heterocycles. The van der Waals surface area contributed by atoms with Gasteiger partial charge in [0.25, 0.3) is 5.91 Å². The van der Waals surface area contributed by atoms with Crippen molar-refractivity contribution in [2.45, 2.75) is 20.3 Å². The number of amides is 1. The Labute approximate surface area is 141 Å². The maximum absolute atomic E-state index is 12.1. The van der Waals surface area contributed by atoms with Gasteiger partial charge in [0.15, 0.2) is 6.61 Å². The van der Waals surface area contributed by atoms with Crippen LogP contribution >= 0.6 is 0 Å². The van der Waals surface area contributed by atoms with Crippen molar-refractivity contribution in [3.05, 3.63) is 59.2 Å². The van der Waals surface area contributed by atoms with Crippen LogP contribution in [0, 0.1) is 6.92 Å². The molecule has 0 aliphatic rings. The molecule has 2 aromatic rings. The third-order valence-electron chi connectivity index (χ3n) is 3.63. The molecule has 1 amide bonds. The number of nitrogens with one attached hydrogen (secondary N) is 1. The summed E-state index contributed by atoms with van der Waals surface area (Å²) in [4.78, 5) is 23.6. The van der Waals surface area contributed by atoms with Gasteiger partial charge in [-0.1, -0.05) is 25.1 Å². The van der Waals surface area contributed by atoms with Gasteiger partial charge in [-0.3, -0.25) is 4.79 Å². The van der Waals surface area contributed by atoms with E-state index >= 15 is 0 Å². The van der Waals surface area contributed by atoms with E-state index < -0.39 is 5.97 Å². The molecule has 0 heterocycles. The van der Waals surface area contributed by atoms with Crippen LogP contribution in [0.1, 0.15) is 28.4 Å². The first kappa shape index (κ1) is 17.5. The van der Waals surface area contributed by atoms with Crippen molar-refractivity contribution in [2.24, 2.45) is 0 Å². The zero-order chi connectivity index (χ0) is 17.5. The number of rotatable bonds is 6. The van der Waals surface area contributed by atoms with Gasteiger partial charge >= 0.3 is 5.97 Å². The van der Waals surface area contributed by atoms with Gasteiger partial charge in [0.1, 0.15) is 5.75 Å². The minimum Gasteiger partial charge on any atom is -0.484 e. The fraction of sp³-hybridized carbons (Fsp3) is 0.263. The van der Waals surface area contributed by atoms with Crippen molar-refractivity contribution < 1.29 is 19.1 Å². The summed E-state index contributed by atoms with van der Waals surface area (Å²) in [7, 11) is 1.32. The fourth-order valence-electron chi connectivity index (χ4n) is 2.16. The first-order valence-corrected chi connectivity index (χ1v) is 7.74. The highest BCUT2D eigenvalue weighted by Crippen LogP contribution is 2.18. The SMILES string of the molecule is CCc1ccc(OCC(=O)Nc2cc(C(=O)OC)ccc2C)cc1. The van der Waals surface area contributed by atoms with Gasteiger partial charge in [0.2, 0.25) is 0 Å². The predicted molar refractivity (Wildman–Crippen MR) is 92.5 cm³/mol. The molecule has 0 saturated carbocycles. The van der Waals surface area contributed by atoms with Crippen LogP contribution in [-0.4, -0.2) is 25.6 Å². The van der Waals surface area contributed by atoms with Gasteiger partial charge in [-0.2, -0.15) is 0 Å². The largest absolute Gasteiger partial charge is 0.484 e. The summed E-state index contributed by atoms with van der Waals surface area (Å²) in [5.74, 6) is -0.0974. The topological polar surface area (TPSA) is 64.6 Å². The predicted octanol–water partition coefficient (Wildman–Crippen LogP) is 3.36. The zero-order valence-electron chi connectivity index (χ0n) is 14.1. The van der Waals surface area contributed by atoms with Gasteiger partial charge in [0, 0.05) is 5.69 Å². The van der Waals surface area contributed by atoms with Crippen molar-refractivity contribution in [1.29, 1.82) is 0 Å². The quantitative estimate of drug-likeness (QED) is 0.826. The molecular weight excluding hydrogens is 306 g/mol. The number of aryl methyl sites for hydroxylation is 2. The smallest absolute Gasteiger partial charge is 0.337 e. The summed E-state index contributed by atoms with van der Waals surface area (Å²) >= 11 is 0. The van der Waals surface area contributed by atoms with E-state index in [-0.39, 0.29) is 12.5 Å². The van der Waals surface area contributed by atoms with Crippen LogP contribution in [0.25, 0.3) is 0 Å². The first-order valence-electron chi connectivity index (χ1n) is 7.74. The van der Waals surface area contributed by atoms with E-state index in [1.165, 1.54) is 12.7 Å². The van der Waals surface area contributed by atoms with Crippen molar-refractivity contribution >= 4 is 17.6 Å². The van der Waals surface area contributed by atoms with Gasteiger partial charge < -0.3 is 14.8 Å². The Hall–Kier alpha value is -2.82. The van der Waals surface area contributed by atoms with E-state index in [1.54, 1.807) is 18.2 Å². The lowest BCUT2D eigenvalue weighted by atomic mass is 10.1. The molecule has 0 bridgehead atoms. The Morgan fingerprint density at radius 1 is 1.08 bits per heavy atom. The molecule has 0 aliphatic carbocycles. The number of esters is 1. The standard InChI is InChI=1S/C19H21NO4/c1-4-14-6-9-16(10-7-14)24-12-18(21)20-17-11-15(19(22)23-3)8-5-13(17)2/h5-11H,4,12H2,1-3H3,(H,20,21). The Morgan fingerprint density at radius 2 is 1.79 bits per heavy atom. The molecule has 5 heteroatoms. The number of ether oxygens (including phenoxy) is 2. The van der Waals surface area contributed by atoms with Crippen LogP contribution in [0.2, 0.25) is 0 Å². The Morgan fingerprint density at radius 3 is 2.42 bits per heavy atom. The average molecular weight is 327 g/mol. The number of carbonyl (C=O) groups excluding carboxylic acids is 2. The Balaban J connectivity index is 1.97.